The maximum Gasteiger partial charge on any atom is 0.330 e. The highest BCUT2D eigenvalue weighted by Crippen LogP contribution is 2.32. The van der Waals surface area contributed by atoms with Gasteiger partial charge in [0, 0.05) is 17.5 Å². The number of benzene rings is 2. The molecule has 0 saturated carbocycles. The second kappa shape index (κ2) is 10.0. The van der Waals surface area contributed by atoms with Crippen LogP contribution in [0.5, 0.6) is 11.5 Å². The van der Waals surface area contributed by atoms with E-state index in [0.717, 1.165) is 34.2 Å². The lowest BCUT2D eigenvalue weighted by molar-refractivity contribution is -0.139. The summed E-state index contributed by atoms with van der Waals surface area (Å²) in [6, 6.07) is 9.53. The summed E-state index contributed by atoms with van der Waals surface area (Å²) < 4.78 is 21.2. The van der Waals surface area contributed by atoms with E-state index in [9.17, 15) is 9.59 Å². The van der Waals surface area contributed by atoms with E-state index < -0.39 is 11.9 Å². The predicted octanol–water partition coefficient (Wildman–Crippen LogP) is 3.36. The van der Waals surface area contributed by atoms with Crippen molar-refractivity contribution in [3.05, 3.63) is 61.2 Å². The van der Waals surface area contributed by atoms with Gasteiger partial charge in [-0.1, -0.05) is 25.3 Å². The summed E-state index contributed by atoms with van der Waals surface area (Å²) in [5.41, 5.74) is 0.975. The Hall–Kier alpha value is -3.28. The largest absolute Gasteiger partial charge is 0.490 e. The van der Waals surface area contributed by atoms with Crippen LogP contribution in [0, 0.1) is 6.92 Å². The van der Waals surface area contributed by atoms with Crippen LogP contribution in [0.3, 0.4) is 0 Å². The maximum atomic E-state index is 11.1. The van der Waals surface area contributed by atoms with Crippen molar-refractivity contribution in [2.75, 3.05) is 26.4 Å². The molecule has 142 valence electrons. The molecule has 0 spiro atoms. The average molecular weight is 370 g/mol. The lowest BCUT2D eigenvalue weighted by Crippen LogP contribution is -2.11. The number of rotatable bonds is 10. The summed E-state index contributed by atoms with van der Waals surface area (Å²) in [5, 5.41) is 1.87. The van der Waals surface area contributed by atoms with Gasteiger partial charge in [0.1, 0.15) is 37.9 Å². The maximum absolute atomic E-state index is 11.1. The smallest absolute Gasteiger partial charge is 0.330 e. The zero-order chi connectivity index (χ0) is 19.6. The first kappa shape index (κ1) is 20.0. The normalized spacial score (nSPS) is 10.1. The molecule has 0 aliphatic carbocycles. The number of hydrogen-bond donors (Lipinski definition) is 0. The van der Waals surface area contributed by atoms with Gasteiger partial charge in [0.05, 0.1) is 0 Å². The van der Waals surface area contributed by atoms with Crippen LogP contribution in [-0.2, 0) is 19.1 Å². The van der Waals surface area contributed by atoms with Crippen LogP contribution in [0.4, 0.5) is 0 Å². The van der Waals surface area contributed by atoms with Gasteiger partial charge in [-0.2, -0.15) is 0 Å². The van der Waals surface area contributed by atoms with E-state index >= 15 is 0 Å². The highest BCUT2D eigenvalue weighted by molar-refractivity contribution is 5.90. The van der Waals surface area contributed by atoms with Crippen LogP contribution in [0.2, 0.25) is 0 Å². The molecular weight excluding hydrogens is 348 g/mol. The Labute approximate surface area is 158 Å². The van der Waals surface area contributed by atoms with Crippen molar-refractivity contribution in [1.82, 2.24) is 0 Å². The predicted molar refractivity (Wildman–Crippen MR) is 102 cm³/mol. The first-order chi connectivity index (χ1) is 13.0. The van der Waals surface area contributed by atoms with E-state index in [2.05, 4.69) is 13.2 Å². The summed E-state index contributed by atoms with van der Waals surface area (Å²) in [5.74, 6) is 0.433. The van der Waals surface area contributed by atoms with Crippen molar-refractivity contribution >= 4 is 22.7 Å². The lowest BCUT2D eigenvalue weighted by Gasteiger charge is -2.13. The summed E-state index contributed by atoms with van der Waals surface area (Å²) in [4.78, 5) is 22.0. The van der Waals surface area contributed by atoms with Crippen molar-refractivity contribution in [3.8, 4) is 11.5 Å². The Morgan fingerprint density at radius 2 is 1.52 bits per heavy atom. The van der Waals surface area contributed by atoms with E-state index in [1.54, 1.807) is 0 Å². The minimum atomic E-state index is -0.479. The third-order valence-corrected chi connectivity index (χ3v) is 3.64. The molecule has 2 aromatic carbocycles. The topological polar surface area (TPSA) is 71.1 Å². The number of esters is 2. The first-order valence-electron chi connectivity index (χ1n) is 8.42. The second-order valence-electron chi connectivity index (χ2n) is 5.53. The first-order valence-corrected chi connectivity index (χ1v) is 8.42. The summed E-state index contributed by atoms with van der Waals surface area (Å²) in [7, 11) is 0. The minimum Gasteiger partial charge on any atom is -0.490 e. The van der Waals surface area contributed by atoms with E-state index in [4.69, 9.17) is 18.9 Å². The number of carbonyl (C=O) groups excluding carboxylic acids is 2. The van der Waals surface area contributed by atoms with Gasteiger partial charge in [0.15, 0.2) is 0 Å². The van der Waals surface area contributed by atoms with Gasteiger partial charge in [-0.05, 0) is 36.1 Å². The number of hydrogen-bond acceptors (Lipinski definition) is 6. The SMILES string of the molecule is C=CC(=O)OCCOc1ccc2c(OCCOC(=O)C=C)c(C)ccc2c1. The van der Waals surface area contributed by atoms with Gasteiger partial charge in [-0.3, -0.25) is 0 Å². The quantitative estimate of drug-likeness (QED) is 0.363. The van der Waals surface area contributed by atoms with Gasteiger partial charge >= 0.3 is 11.9 Å². The molecule has 0 atom stereocenters. The van der Waals surface area contributed by atoms with Crippen LogP contribution < -0.4 is 9.47 Å². The fourth-order valence-electron chi connectivity index (χ4n) is 2.38. The van der Waals surface area contributed by atoms with Crippen LogP contribution in [0.15, 0.2) is 55.6 Å². The molecule has 6 heteroatoms. The number of ether oxygens (including phenoxy) is 4. The summed E-state index contributed by atoms with van der Waals surface area (Å²) in [6.07, 6.45) is 2.22. The Bertz CT molecular complexity index is 840. The Morgan fingerprint density at radius 3 is 2.15 bits per heavy atom. The Balaban J connectivity index is 2.01. The molecule has 0 amide bonds. The molecule has 27 heavy (non-hydrogen) atoms. The standard InChI is InChI=1S/C21H22O6/c1-4-19(22)25-11-10-24-17-8-9-18-16(14-17)7-6-15(3)21(18)27-13-12-26-20(23)5-2/h4-9,14H,1-2,10-13H2,3H3. The zero-order valence-electron chi connectivity index (χ0n) is 15.2. The molecule has 0 saturated heterocycles. The summed E-state index contributed by atoms with van der Waals surface area (Å²) in [6.45, 7) is 9.40. The molecule has 0 aromatic heterocycles. The van der Waals surface area contributed by atoms with Gasteiger partial charge < -0.3 is 18.9 Å². The van der Waals surface area contributed by atoms with Gasteiger partial charge in [0.25, 0.3) is 0 Å². The average Bonchev–Trinajstić information content (AvgIpc) is 2.69. The molecule has 0 N–H and O–H groups in total. The third-order valence-electron chi connectivity index (χ3n) is 3.64. The van der Waals surface area contributed by atoms with Gasteiger partial charge in [-0.15, -0.1) is 0 Å². The monoisotopic (exact) mass is 370 g/mol. The van der Waals surface area contributed by atoms with E-state index in [1.165, 1.54) is 0 Å². The fraction of sp³-hybridized carbons (Fsp3) is 0.238. The number of fused-ring (bicyclic) bond motifs is 1. The molecule has 2 rings (SSSR count). The Morgan fingerprint density at radius 1 is 0.889 bits per heavy atom. The van der Waals surface area contributed by atoms with Crippen molar-refractivity contribution in [2.24, 2.45) is 0 Å². The fourth-order valence-corrected chi connectivity index (χ4v) is 2.38. The van der Waals surface area contributed by atoms with Crippen LogP contribution in [0.25, 0.3) is 10.8 Å². The molecule has 0 aliphatic rings. The second-order valence-corrected chi connectivity index (χ2v) is 5.53. The zero-order valence-corrected chi connectivity index (χ0v) is 15.2. The van der Waals surface area contributed by atoms with Crippen LogP contribution in [-0.4, -0.2) is 38.4 Å². The van der Waals surface area contributed by atoms with Crippen molar-refractivity contribution in [2.45, 2.75) is 6.92 Å². The van der Waals surface area contributed by atoms with Crippen LogP contribution >= 0.6 is 0 Å². The molecule has 2 aromatic rings. The number of aryl methyl sites for hydroxylation is 1. The molecule has 0 radical (unpaired) electrons. The Kier molecular flexibility index (Phi) is 7.43. The van der Waals surface area contributed by atoms with Gasteiger partial charge in [0.2, 0.25) is 0 Å². The van der Waals surface area contributed by atoms with Crippen molar-refractivity contribution in [1.29, 1.82) is 0 Å². The van der Waals surface area contributed by atoms with E-state index in [-0.39, 0.29) is 26.4 Å². The molecule has 6 nitrogen and oxygen atoms in total. The molecule has 0 aliphatic heterocycles. The highest BCUT2D eigenvalue weighted by atomic mass is 16.6. The molecule has 0 bridgehead atoms. The highest BCUT2D eigenvalue weighted by Gasteiger charge is 2.08. The van der Waals surface area contributed by atoms with Gasteiger partial charge in [-0.25, -0.2) is 9.59 Å². The lowest BCUT2D eigenvalue weighted by atomic mass is 10.1. The molecule has 0 unspecified atom stereocenters. The summed E-state index contributed by atoms with van der Waals surface area (Å²) >= 11 is 0. The van der Waals surface area contributed by atoms with E-state index in [1.807, 2.05) is 37.3 Å². The molecule has 0 fully saturated rings. The van der Waals surface area contributed by atoms with Crippen LogP contribution in [0.1, 0.15) is 5.56 Å². The number of carbonyl (C=O) groups is 2. The minimum absolute atomic E-state index is 0.144. The molecular formula is C21H22O6. The molecule has 0 heterocycles. The van der Waals surface area contributed by atoms with Crippen molar-refractivity contribution < 1.29 is 28.5 Å². The van der Waals surface area contributed by atoms with Crippen molar-refractivity contribution in [3.63, 3.8) is 0 Å². The van der Waals surface area contributed by atoms with E-state index in [0.29, 0.717) is 5.75 Å². The third kappa shape index (κ3) is 5.88.